The second kappa shape index (κ2) is 8.68. The van der Waals surface area contributed by atoms with E-state index < -0.39 is 0 Å². The minimum Gasteiger partial charge on any atom is -0.369 e. The highest BCUT2D eigenvalue weighted by Crippen LogP contribution is 2.33. The maximum atomic E-state index is 13.1. The molecule has 2 aromatic carbocycles. The van der Waals surface area contributed by atoms with Crippen molar-refractivity contribution in [2.24, 2.45) is 5.41 Å². The van der Waals surface area contributed by atoms with Crippen LogP contribution in [0, 0.1) is 11.3 Å². The van der Waals surface area contributed by atoms with E-state index in [1.165, 1.54) is 5.06 Å². The molecule has 4 nitrogen and oxygen atoms in total. The van der Waals surface area contributed by atoms with Gasteiger partial charge in [-0.15, -0.1) is 0 Å². The van der Waals surface area contributed by atoms with Crippen molar-refractivity contribution in [3.63, 3.8) is 0 Å². The van der Waals surface area contributed by atoms with E-state index in [-0.39, 0.29) is 17.4 Å². The molecule has 1 aliphatic heterocycles. The van der Waals surface area contributed by atoms with Gasteiger partial charge >= 0.3 is 0 Å². The first-order chi connectivity index (χ1) is 12.9. The summed E-state index contributed by atoms with van der Waals surface area (Å²) >= 11 is 0. The summed E-state index contributed by atoms with van der Waals surface area (Å²) in [6.07, 6.45) is 0.519. The summed E-state index contributed by atoms with van der Waals surface area (Å²) in [6, 6.07) is 20.1. The lowest BCUT2D eigenvalue weighted by Gasteiger charge is -2.31. The lowest BCUT2D eigenvalue weighted by atomic mass is 9.76. The summed E-state index contributed by atoms with van der Waals surface area (Å²) in [5.74, 6) is 0.801. The number of hydrogen-bond donors (Lipinski definition) is 0. The van der Waals surface area contributed by atoms with Crippen LogP contribution in [0.15, 0.2) is 60.7 Å². The molecule has 1 atom stereocenters. The van der Waals surface area contributed by atoms with Gasteiger partial charge < -0.3 is 4.74 Å². The predicted octanol–water partition coefficient (Wildman–Crippen LogP) is 4.21. The largest absolute Gasteiger partial charge is 0.369 e. The SMILES string of the molecule is CC(C)(C)[C](Cc1ccccc1)C(=O)N1CC(OCc2ccccc2)CO1. The zero-order valence-corrected chi connectivity index (χ0v) is 16.4. The van der Waals surface area contributed by atoms with E-state index in [0.717, 1.165) is 17.0 Å². The lowest BCUT2D eigenvalue weighted by molar-refractivity contribution is -0.168. The summed E-state index contributed by atoms with van der Waals surface area (Å²) < 4.78 is 5.92. The van der Waals surface area contributed by atoms with Gasteiger partial charge in [-0.3, -0.25) is 9.63 Å². The summed E-state index contributed by atoms with van der Waals surface area (Å²) in [6.45, 7) is 7.60. The molecular formula is C23H28NO3. The standard InChI is InChI=1S/C23H28NO3/c1-23(2,3)21(14-18-10-6-4-7-11-18)22(25)24-15-20(17-27-24)26-16-19-12-8-5-9-13-19/h4-13,20H,14-17H2,1-3H3. The molecule has 0 aliphatic carbocycles. The summed E-state index contributed by atoms with van der Waals surface area (Å²) in [7, 11) is 0. The highest BCUT2D eigenvalue weighted by atomic mass is 16.7. The molecule has 1 radical (unpaired) electrons. The van der Waals surface area contributed by atoms with Crippen LogP contribution in [-0.4, -0.2) is 30.2 Å². The molecule has 0 spiro atoms. The summed E-state index contributed by atoms with van der Waals surface area (Å²) in [5.41, 5.74) is 2.01. The topological polar surface area (TPSA) is 38.8 Å². The van der Waals surface area contributed by atoms with Crippen molar-refractivity contribution in [2.75, 3.05) is 13.2 Å². The number of amides is 1. The highest BCUT2D eigenvalue weighted by Gasteiger charge is 2.39. The molecule has 1 amide bonds. The van der Waals surface area contributed by atoms with Crippen molar-refractivity contribution >= 4 is 5.91 Å². The highest BCUT2D eigenvalue weighted by molar-refractivity contribution is 5.90. The van der Waals surface area contributed by atoms with Crippen molar-refractivity contribution in [1.29, 1.82) is 0 Å². The third kappa shape index (κ3) is 5.41. The second-order valence-corrected chi connectivity index (χ2v) is 7.97. The molecule has 2 aromatic rings. The van der Waals surface area contributed by atoms with Crippen LogP contribution >= 0.6 is 0 Å². The van der Waals surface area contributed by atoms with E-state index in [0.29, 0.717) is 26.2 Å². The fourth-order valence-corrected chi connectivity index (χ4v) is 3.11. The number of carbonyl (C=O) groups is 1. The van der Waals surface area contributed by atoms with Gasteiger partial charge in [0.15, 0.2) is 0 Å². The van der Waals surface area contributed by atoms with Crippen LogP contribution in [0.1, 0.15) is 31.9 Å². The molecule has 4 heteroatoms. The van der Waals surface area contributed by atoms with Crippen LogP contribution in [0.4, 0.5) is 0 Å². The molecule has 1 heterocycles. The fourth-order valence-electron chi connectivity index (χ4n) is 3.11. The minimum absolute atomic E-state index is 0.0443. The molecule has 0 saturated carbocycles. The van der Waals surface area contributed by atoms with Crippen LogP contribution in [0.3, 0.4) is 0 Å². The van der Waals surface area contributed by atoms with Crippen LogP contribution in [0.25, 0.3) is 0 Å². The minimum atomic E-state index is -0.237. The Labute approximate surface area is 162 Å². The number of carbonyl (C=O) groups excluding carboxylic acids is 1. The van der Waals surface area contributed by atoms with Gasteiger partial charge in [-0.25, -0.2) is 5.06 Å². The number of nitrogens with zero attached hydrogens (tertiary/aromatic N) is 1. The Balaban J connectivity index is 1.59. The molecule has 0 aromatic heterocycles. The fraction of sp³-hybridized carbons (Fsp3) is 0.391. The average Bonchev–Trinajstić information content (AvgIpc) is 3.14. The third-order valence-corrected chi connectivity index (χ3v) is 4.73. The van der Waals surface area contributed by atoms with Crippen molar-refractivity contribution in [1.82, 2.24) is 5.06 Å². The number of benzene rings is 2. The Morgan fingerprint density at radius 3 is 2.22 bits per heavy atom. The van der Waals surface area contributed by atoms with Crippen molar-refractivity contribution < 1.29 is 14.4 Å². The van der Waals surface area contributed by atoms with Gasteiger partial charge in [-0.05, 0) is 23.0 Å². The first-order valence-electron chi connectivity index (χ1n) is 9.44. The van der Waals surface area contributed by atoms with Gasteiger partial charge in [0.25, 0.3) is 5.91 Å². The number of rotatable bonds is 6. The van der Waals surface area contributed by atoms with E-state index in [2.05, 4.69) is 32.9 Å². The monoisotopic (exact) mass is 366 g/mol. The van der Waals surface area contributed by atoms with E-state index >= 15 is 0 Å². The van der Waals surface area contributed by atoms with Crippen LogP contribution in [0.2, 0.25) is 0 Å². The van der Waals surface area contributed by atoms with Gasteiger partial charge in [0.05, 0.1) is 19.1 Å². The average molecular weight is 366 g/mol. The molecule has 0 bridgehead atoms. The van der Waals surface area contributed by atoms with Gasteiger partial charge in [0, 0.05) is 0 Å². The maximum absolute atomic E-state index is 13.1. The van der Waals surface area contributed by atoms with E-state index in [1.807, 2.05) is 48.5 Å². The van der Waals surface area contributed by atoms with Gasteiger partial charge in [-0.2, -0.15) is 0 Å². The summed E-state index contributed by atoms with van der Waals surface area (Å²) in [5, 5.41) is 1.47. The number of ether oxygens (including phenoxy) is 1. The van der Waals surface area contributed by atoms with Crippen molar-refractivity contribution in [3.05, 3.63) is 77.7 Å². The van der Waals surface area contributed by atoms with Crippen molar-refractivity contribution in [2.45, 2.75) is 39.9 Å². The zero-order chi connectivity index (χ0) is 19.3. The van der Waals surface area contributed by atoms with Crippen molar-refractivity contribution in [3.8, 4) is 0 Å². The Bertz CT molecular complexity index is 724. The normalized spacial score (nSPS) is 17.5. The van der Waals surface area contributed by atoms with Gasteiger partial charge in [0.1, 0.15) is 12.7 Å². The molecule has 27 heavy (non-hydrogen) atoms. The van der Waals surface area contributed by atoms with Gasteiger partial charge in [-0.1, -0.05) is 81.4 Å². The Morgan fingerprint density at radius 2 is 1.63 bits per heavy atom. The number of hydroxylamine groups is 2. The maximum Gasteiger partial charge on any atom is 0.254 e. The van der Waals surface area contributed by atoms with Crippen LogP contribution in [-0.2, 0) is 27.4 Å². The quantitative estimate of drug-likeness (QED) is 0.769. The molecule has 1 fully saturated rings. The first-order valence-corrected chi connectivity index (χ1v) is 9.44. The Kier molecular flexibility index (Phi) is 6.30. The molecule has 143 valence electrons. The predicted molar refractivity (Wildman–Crippen MR) is 106 cm³/mol. The van der Waals surface area contributed by atoms with E-state index in [4.69, 9.17) is 9.57 Å². The molecule has 0 N–H and O–H groups in total. The lowest BCUT2D eigenvalue weighted by Crippen LogP contribution is -2.39. The molecular weight excluding hydrogens is 338 g/mol. The zero-order valence-electron chi connectivity index (χ0n) is 16.4. The molecule has 1 aliphatic rings. The Morgan fingerprint density at radius 1 is 1.04 bits per heavy atom. The molecule has 1 unspecified atom stereocenters. The van der Waals surface area contributed by atoms with Crippen LogP contribution < -0.4 is 0 Å². The molecule has 1 saturated heterocycles. The van der Waals surface area contributed by atoms with E-state index in [9.17, 15) is 4.79 Å². The second-order valence-electron chi connectivity index (χ2n) is 7.97. The first kappa shape index (κ1) is 19.6. The molecule has 3 rings (SSSR count). The number of hydrogen-bond acceptors (Lipinski definition) is 3. The van der Waals surface area contributed by atoms with E-state index in [1.54, 1.807) is 0 Å². The van der Waals surface area contributed by atoms with Gasteiger partial charge in [0.2, 0.25) is 0 Å². The third-order valence-electron chi connectivity index (χ3n) is 4.73. The smallest absolute Gasteiger partial charge is 0.254 e. The van der Waals surface area contributed by atoms with Crippen LogP contribution in [0.5, 0.6) is 0 Å². The summed E-state index contributed by atoms with van der Waals surface area (Å²) in [4.78, 5) is 18.8. The Hall–Kier alpha value is -2.17.